The molecule has 1 saturated heterocycles. The number of benzene rings is 1. The van der Waals surface area contributed by atoms with E-state index in [9.17, 15) is 18.8 Å². The first-order valence-corrected chi connectivity index (χ1v) is 9.18. The highest BCUT2D eigenvalue weighted by Gasteiger charge is 2.36. The molecule has 2 atom stereocenters. The van der Waals surface area contributed by atoms with Crippen molar-refractivity contribution in [1.29, 1.82) is 0 Å². The average molecular weight is 401 g/mol. The molecule has 8 nitrogen and oxygen atoms in total. The number of carbonyl (C=O) groups excluding carboxylic acids is 2. The van der Waals surface area contributed by atoms with Crippen molar-refractivity contribution < 1.29 is 18.7 Å². The minimum atomic E-state index is -0.889. The van der Waals surface area contributed by atoms with Crippen molar-refractivity contribution in [2.75, 3.05) is 25.0 Å². The molecule has 1 aromatic carbocycles. The summed E-state index contributed by atoms with van der Waals surface area (Å²) in [5.74, 6) is -1.56. The number of primary amides is 1. The smallest absolute Gasteiger partial charge is 0.314 e. The van der Waals surface area contributed by atoms with E-state index in [1.165, 1.54) is 39.9 Å². The van der Waals surface area contributed by atoms with Gasteiger partial charge < -0.3 is 20.7 Å². The van der Waals surface area contributed by atoms with Gasteiger partial charge in [-0.05, 0) is 31.5 Å². The number of hydrogen-bond acceptors (Lipinski definition) is 4. The van der Waals surface area contributed by atoms with Gasteiger partial charge in [-0.2, -0.15) is 0 Å². The molecule has 1 unspecified atom stereocenters. The van der Waals surface area contributed by atoms with E-state index in [2.05, 4.69) is 5.32 Å². The second-order valence-corrected chi connectivity index (χ2v) is 6.58. The first-order chi connectivity index (χ1) is 13.9. The zero-order chi connectivity index (χ0) is 21.0. The van der Waals surface area contributed by atoms with Crippen LogP contribution in [0.3, 0.4) is 0 Å². The predicted octanol–water partition coefficient (Wildman–Crippen LogP) is 1.53. The number of aromatic nitrogens is 1. The summed E-state index contributed by atoms with van der Waals surface area (Å²) in [7, 11) is 0. The molecule has 1 aliphatic heterocycles. The molecular weight excluding hydrogens is 379 g/mol. The van der Waals surface area contributed by atoms with Crippen molar-refractivity contribution >= 4 is 17.6 Å². The highest BCUT2D eigenvalue weighted by Crippen LogP contribution is 2.24. The molecule has 0 saturated carbocycles. The van der Waals surface area contributed by atoms with Crippen LogP contribution < -0.4 is 16.6 Å². The number of urea groups is 1. The van der Waals surface area contributed by atoms with Crippen molar-refractivity contribution in [1.82, 2.24) is 9.47 Å². The summed E-state index contributed by atoms with van der Waals surface area (Å²) >= 11 is 0. The van der Waals surface area contributed by atoms with Crippen molar-refractivity contribution in [3.8, 4) is 5.69 Å². The highest BCUT2D eigenvalue weighted by atomic mass is 19.1. The van der Waals surface area contributed by atoms with E-state index in [1.54, 1.807) is 25.5 Å². The fourth-order valence-corrected chi connectivity index (χ4v) is 3.24. The molecule has 0 spiro atoms. The summed E-state index contributed by atoms with van der Waals surface area (Å²) in [5.41, 5.74) is 5.29. The molecule has 3 amide bonds. The van der Waals surface area contributed by atoms with Crippen LogP contribution in [0.15, 0.2) is 47.4 Å². The second-order valence-electron chi connectivity index (χ2n) is 6.58. The third kappa shape index (κ3) is 4.62. The molecule has 1 aliphatic rings. The maximum atomic E-state index is 14.6. The Labute approximate surface area is 167 Å². The van der Waals surface area contributed by atoms with Crippen LogP contribution in [0, 0.1) is 18.2 Å². The number of amides is 3. The van der Waals surface area contributed by atoms with Gasteiger partial charge >= 0.3 is 6.03 Å². The lowest BCUT2D eigenvalue weighted by molar-refractivity contribution is -0.129. The molecule has 29 heavy (non-hydrogen) atoms. The van der Waals surface area contributed by atoms with Crippen LogP contribution in [-0.4, -0.2) is 47.2 Å². The fraction of sp³-hybridized carbons (Fsp3) is 0.300. The zero-order valence-electron chi connectivity index (χ0n) is 15.9. The van der Waals surface area contributed by atoms with Gasteiger partial charge in [-0.1, -0.05) is 6.07 Å². The van der Waals surface area contributed by atoms with Crippen LogP contribution in [0.25, 0.3) is 5.69 Å². The quantitative estimate of drug-likeness (QED) is 0.766. The Hall–Kier alpha value is -3.20. The minimum absolute atomic E-state index is 0.0304. The Balaban J connectivity index is 1.75. The molecule has 3 N–H and O–H groups in total. The number of nitrogens with two attached hydrogens (primary N) is 1. The third-order valence-electron chi connectivity index (χ3n) is 4.68. The number of likely N-dealkylation sites (tertiary alicyclic amines) is 1. The van der Waals surface area contributed by atoms with Gasteiger partial charge in [0.15, 0.2) is 0 Å². The predicted molar refractivity (Wildman–Crippen MR) is 105 cm³/mol. The van der Waals surface area contributed by atoms with Gasteiger partial charge in [0.05, 0.1) is 11.4 Å². The van der Waals surface area contributed by atoms with Gasteiger partial charge in [0, 0.05) is 43.9 Å². The van der Waals surface area contributed by atoms with Crippen LogP contribution in [0.2, 0.25) is 0 Å². The summed E-state index contributed by atoms with van der Waals surface area (Å²) in [4.78, 5) is 37.3. The Morgan fingerprint density at radius 3 is 2.76 bits per heavy atom. The van der Waals surface area contributed by atoms with Gasteiger partial charge in [0.25, 0.3) is 11.5 Å². The largest absolute Gasteiger partial charge is 0.368 e. The summed E-state index contributed by atoms with van der Waals surface area (Å²) in [6.45, 7) is 2.60. The fourth-order valence-electron chi connectivity index (χ4n) is 3.24. The molecule has 2 aromatic rings. The van der Waals surface area contributed by atoms with E-state index in [4.69, 9.17) is 10.5 Å². The SMILES string of the molecule is CCOC(C(=O)Nc1ccc(-n2ccccc2=O)cc1F)[C@H]1[CH]CN(C(N)=O)C1. The summed E-state index contributed by atoms with van der Waals surface area (Å²) in [5, 5.41) is 2.53. The first kappa shape index (κ1) is 20.5. The van der Waals surface area contributed by atoms with Crippen LogP contribution in [0.1, 0.15) is 6.92 Å². The summed E-state index contributed by atoms with van der Waals surface area (Å²) in [6, 6.07) is 8.14. The molecule has 0 bridgehead atoms. The van der Waals surface area contributed by atoms with Gasteiger partial charge in [-0.3, -0.25) is 14.2 Å². The summed E-state index contributed by atoms with van der Waals surface area (Å²) in [6.07, 6.45) is 2.42. The molecule has 2 heterocycles. The Kier molecular flexibility index (Phi) is 6.28. The van der Waals surface area contributed by atoms with Crippen molar-refractivity contribution in [3.63, 3.8) is 0 Å². The highest BCUT2D eigenvalue weighted by molar-refractivity contribution is 5.95. The molecule has 153 valence electrons. The topological polar surface area (TPSA) is 107 Å². The number of rotatable bonds is 6. The lowest BCUT2D eigenvalue weighted by Crippen LogP contribution is -2.40. The number of hydrogen-bond donors (Lipinski definition) is 2. The third-order valence-corrected chi connectivity index (χ3v) is 4.68. The van der Waals surface area contributed by atoms with Crippen molar-refractivity contribution in [2.45, 2.75) is 13.0 Å². The van der Waals surface area contributed by atoms with Crippen LogP contribution in [0.4, 0.5) is 14.9 Å². The molecule has 1 fully saturated rings. The maximum absolute atomic E-state index is 14.6. The number of carbonyl (C=O) groups is 2. The number of halogens is 1. The molecule has 1 radical (unpaired) electrons. The Morgan fingerprint density at radius 2 is 2.14 bits per heavy atom. The standard InChI is InChI=1S/C20H22FN4O4/c1-2-29-18(13-8-10-24(12-13)20(22)28)19(27)23-16-7-6-14(11-15(16)21)25-9-4-3-5-17(25)26/h3-9,11,13,18H,2,10,12H2,1H3,(H2,22,28)(H,23,27)/t13-,18?/m0/s1. The Bertz CT molecular complexity index is 961. The van der Waals surface area contributed by atoms with Crippen LogP contribution in [0.5, 0.6) is 0 Å². The molecular formula is C20H22FN4O4. The maximum Gasteiger partial charge on any atom is 0.314 e. The molecule has 0 aliphatic carbocycles. The number of anilines is 1. The normalized spacial score (nSPS) is 17.2. The number of nitrogens with zero attached hydrogens (tertiary/aromatic N) is 2. The van der Waals surface area contributed by atoms with Crippen LogP contribution in [-0.2, 0) is 9.53 Å². The van der Waals surface area contributed by atoms with E-state index < -0.39 is 23.9 Å². The van der Waals surface area contributed by atoms with Crippen molar-refractivity contribution in [3.05, 3.63) is 65.2 Å². The van der Waals surface area contributed by atoms with Crippen molar-refractivity contribution in [2.24, 2.45) is 11.7 Å². The van der Waals surface area contributed by atoms with Gasteiger partial charge in [-0.25, -0.2) is 9.18 Å². The first-order valence-electron chi connectivity index (χ1n) is 9.18. The zero-order valence-corrected chi connectivity index (χ0v) is 15.9. The molecule has 9 heteroatoms. The molecule has 3 rings (SSSR count). The lowest BCUT2D eigenvalue weighted by Gasteiger charge is -2.23. The number of pyridine rings is 1. The summed E-state index contributed by atoms with van der Waals surface area (Å²) < 4.78 is 21.4. The molecule has 1 aromatic heterocycles. The van der Waals surface area contributed by atoms with Gasteiger partial charge in [0.2, 0.25) is 0 Å². The van der Waals surface area contributed by atoms with Crippen LogP contribution >= 0.6 is 0 Å². The van der Waals surface area contributed by atoms with E-state index in [0.29, 0.717) is 12.2 Å². The monoisotopic (exact) mass is 401 g/mol. The van der Waals surface area contributed by atoms with E-state index in [0.717, 1.165) is 0 Å². The number of nitrogens with one attached hydrogen (secondary N) is 1. The van der Waals surface area contributed by atoms with E-state index in [-0.39, 0.29) is 30.3 Å². The average Bonchev–Trinajstić information content (AvgIpc) is 3.18. The minimum Gasteiger partial charge on any atom is -0.368 e. The lowest BCUT2D eigenvalue weighted by atomic mass is 10.0. The Morgan fingerprint density at radius 1 is 1.34 bits per heavy atom. The van der Waals surface area contributed by atoms with Gasteiger partial charge in [-0.15, -0.1) is 0 Å². The number of ether oxygens (including phenoxy) is 1. The van der Waals surface area contributed by atoms with E-state index in [1.807, 2.05) is 0 Å². The van der Waals surface area contributed by atoms with E-state index >= 15 is 0 Å². The second kappa shape index (κ2) is 8.87. The van der Waals surface area contributed by atoms with Gasteiger partial charge in [0.1, 0.15) is 11.9 Å².